The maximum absolute atomic E-state index is 12.8. The van der Waals surface area contributed by atoms with E-state index in [2.05, 4.69) is 10.4 Å². The molecule has 1 atom stereocenters. The molecule has 0 saturated carbocycles. The summed E-state index contributed by atoms with van der Waals surface area (Å²) in [6.07, 6.45) is 4.22. The molecule has 2 aromatic rings. The van der Waals surface area contributed by atoms with Gasteiger partial charge in [-0.3, -0.25) is 9.59 Å². The van der Waals surface area contributed by atoms with Gasteiger partial charge in [-0.1, -0.05) is 13.3 Å². The topological polar surface area (TPSA) is 127 Å². The molecule has 0 spiro atoms. The van der Waals surface area contributed by atoms with Crippen LogP contribution in [0.2, 0.25) is 0 Å². The molecule has 3 N–H and O–H groups in total. The van der Waals surface area contributed by atoms with E-state index in [9.17, 15) is 18.0 Å². The Bertz CT molecular complexity index is 984. The third-order valence-corrected chi connectivity index (χ3v) is 6.89. The van der Waals surface area contributed by atoms with Gasteiger partial charge in [0.2, 0.25) is 15.9 Å². The van der Waals surface area contributed by atoms with Gasteiger partial charge in [-0.2, -0.15) is 9.40 Å². The number of piperidine rings is 1. The highest BCUT2D eigenvalue weighted by atomic mass is 32.2. The molecule has 10 heteroatoms. The molecule has 0 bridgehead atoms. The normalized spacial score (nSPS) is 17.8. The Morgan fingerprint density at radius 2 is 1.93 bits per heavy atom. The standard InChI is InChI=1S/C19H25N5O4S/c1-2-13-29(27,28)24-11-4-3-5-17(24)19(26)21-14-6-8-15(9-7-14)23-12-10-16(22-23)18(20)25/h6-10,12,17H,2-5,11,13H2,1H3,(H2,20,25)(H,21,26). The van der Waals surface area contributed by atoms with Gasteiger partial charge in [-0.25, -0.2) is 13.1 Å². The molecule has 1 aromatic carbocycles. The van der Waals surface area contributed by atoms with Crippen molar-refractivity contribution in [2.45, 2.75) is 38.6 Å². The van der Waals surface area contributed by atoms with Crippen LogP contribution in [0, 0.1) is 0 Å². The van der Waals surface area contributed by atoms with Crippen molar-refractivity contribution in [3.05, 3.63) is 42.2 Å². The Morgan fingerprint density at radius 3 is 2.55 bits per heavy atom. The van der Waals surface area contributed by atoms with Crippen molar-refractivity contribution >= 4 is 27.5 Å². The average molecular weight is 420 g/mol. The monoisotopic (exact) mass is 419 g/mol. The molecule has 1 unspecified atom stereocenters. The second-order valence-electron chi connectivity index (χ2n) is 6.98. The quantitative estimate of drug-likeness (QED) is 0.703. The summed E-state index contributed by atoms with van der Waals surface area (Å²) in [5, 5.41) is 6.89. The lowest BCUT2D eigenvalue weighted by Crippen LogP contribution is -2.50. The Balaban J connectivity index is 1.71. The van der Waals surface area contributed by atoms with Gasteiger partial charge in [-0.05, 0) is 49.6 Å². The van der Waals surface area contributed by atoms with E-state index in [1.165, 1.54) is 15.1 Å². The zero-order valence-electron chi connectivity index (χ0n) is 16.2. The molecule has 0 aliphatic carbocycles. The largest absolute Gasteiger partial charge is 0.364 e. The maximum Gasteiger partial charge on any atom is 0.269 e. The van der Waals surface area contributed by atoms with Crippen molar-refractivity contribution in [2.75, 3.05) is 17.6 Å². The minimum atomic E-state index is -3.44. The van der Waals surface area contributed by atoms with Crippen LogP contribution in [-0.4, -0.2) is 52.7 Å². The van der Waals surface area contributed by atoms with Crippen LogP contribution in [0.3, 0.4) is 0 Å². The number of sulfonamides is 1. The highest BCUT2D eigenvalue weighted by Crippen LogP contribution is 2.23. The SMILES string of the molecule is CCCS(=O)(=O)N1CCCCC1C(=O)Nc1ccc(-n2ccc(C(N)=O)n2)cc1. The van der Waals surface area contributed by atoms with Crippen molar-refractivity contribution in [2.24, 2.45) is 5.73 Å². The van der Waals surface area contributed by atoms with E-state index in [4.69, 9.17) is 5.73 Å². The lowest BCUT2D eigenvalue weighted by atomic mass is 10.0. The number of nitrogens with one attached hydrogen (secondary N) is 1. The molecule has 0 radical (unpaired) electrons. The van der Waals surface area contributed by atoms with Crippen LogP contribution in [0.1, 0.15) is 43.1 Å². The number of rotatable bonds is 7. The van der Waals surface area contributed by atoms with Crippen LogP contribution in [0.4, 0.5) is 5.69 Å². The molecule has 1 fully saturated rings. The van der Waals surface area contributed by atoms with Crippen LogP contribution in [0.15, 0.2) is 36.5 Å². The predicted octanol–water partition coefficient (Wildman–Crippen LogP) is 1.50. The van der Waals surface area contributed by atoms with Gasteiger partial charge in [0, 0.05) is 18.4 Å². The summed E-state index contributed by atoms with van der Waals surface area (Å²) in [5.74, 6) is -0.891. The van der Waals surface area contributed by atoms with E-state index < -0.39 is 22.0 Å². The number of nitrogens with two attached hydrogens (primary N) is 1. The van der Waals surface area contributed by atoms with Gasteiger partial charge >= 0.3 is 0 Å². The first-order chi connectivity index (χ1) is 13.8. The summed E-state index contributed by atoms with van der Waals surface area (Å²) < 4.78 is 27.9. The van der Waals surface area contributed by atoms with Gasteiger partial charge in [-0.15, -0.1) is 0 Å². The zero-order chi connectivity index (χ0) is 21.0. The molecule has 1 aliphatic heterocycles. The summed E-state index contributed by atoms with van der Waals surface area (Å²) in [6, 6.07) is 7.70. The fourth-order valence-electron chi connectivity index (χ4n) is 3.40. The summed E-state index contributed by atoms with van der Waals surface area (Å²) in [4.78, 5) is 23.9. The Hall–Kier alpha value is -2.72. The van der Waals surface area contributed by atoms with E-state index in [0.29, 0.717) is 30.8 Å². The molecule has 9 nitrogen and oxygen atoms in total. The van der Waals surface area contributed by atoms with Crippen molar-refractivity contribution < 1.29 is 18.0 Å². The first-order valence-corrected chi connectivity index (χ1v) is 11.2. The summed E-state index contributed by atoms with van der Waals surface area (Å²) in [6.45, 7) is 2.19. The molecule has 2 amide bonds. The molecule has 156 valence electrons. The first-order valence-electron chi connectivity index (χ1n) is 9.58. The number of hydrogen-bond donors (Lipinski definition) is 2. The minimum Gasteiger partial charge on any atom is -0.364 e. The van der Waals surface area contributed by atoms with Gasteiger partial charge < -0.3 is 11.1 Å². The van der Waals surface area contributed by atoms with E-state index >= 15 is 0 Å². The molecule has 2 heterocycles. The third kappa shape index (κ3) is 4.83. The van der Waals surface area contributed by atoms with E-state index in [1.54, 1.807) is 30.5 Å². The Morgan fingerprint density at radius 1 is 1.21 bits per heavy atom. The molecule has 3 rings (SSSR count). The number of benzene rings is 1. The first kappa shape index (κ1) is 21.0. The van der Waals surface area contributed by atoms with Crippen molar-refractivity contribution in [3.8, 4) is 5.69 Å². The van der Waals surface area contributed by atoms with Gasteiger partial charge in [0.05, 0.1) is 11.4 Å². The van der Waals surface area contributed by atoms with E-state index in [1.807, 2.05) is 6.92 Å². The van der Waals surface area contributed by atoms with Crippen molar-refractivity contribution in [3.63, 3.8) is 0 Å². The fourth-order valence-corrected chi connectivity index (χ4v) is 5.14. The third-order valence-electron chi connectivity index (χ3n) is 4.82. The molecule has 1 aromatic heterocycles. The van der Waals surface area contributed by atoms with Crippen LogP contribution in [0.5, 0.6) is 0 Å². The molecular formula is C19H25N5O4S. The summed E-state index contributed by atoms with van der Waals surface area (Å²) in [5.41, 5.74) is 6.62. The number of hydrogen-bond acceptors (Lipinski definition) is 5. The molecule has 29 heavy (non-hydrogen) atoms. The molecule has 1 aliphatic rings. The molecular weight excluding hydrogens is 394 g/mol. The number of amides is 2. The highest BCUT2D eigenvalue weighted by molar-refractivity contribution is 7.89. The number of nitrogens with zero attached hydrogens (tertiary/aromatic N) is 3. The minimum absolute atomic E-state index is 0.0443. The van der Waals surface area contributed by atoms with Gasteiger partial charge in [0.25, 0.3) is 5.91 Å². The fraction of sp³-hybridized carbons (Fsp3) is 0.421. The second-order valence-corrected chi connectivity index (χ2v) is 9.03. The van der Waals surface area contributed by atoms with Gasteiger partial charge in [0.1, 0.15) is 11.7 Å². The van der Waals surface area contributed by atoms with E-state index in [0.717, 1.165) is 12.8 Å². The predicted molar refractivity (Wildman–Crippen MR) is 109 cm³/mol. The molecule has 1 saturated heterocycles. The highest BCUT2D eigenvalue weighted by Gasteiger charge is 2.36. The number of primary amides is 1. The van der Waals surface area contributed by atoms with Crippen molar-refractivity contribution in [1.29, 1.82) is 0 Å². The lowest BCUT2D eigenvalue weighted by molar-refractivity contribution is -0.120. The van der Waals surface area contributed by atoms with Crippen LogP contribution >= 0.6 is 0 Å². The second kappa shape index (κ2) is 8.75. The Kier molecular flexibility index (Phi) is 6.33. The summed E-state index contributed by atoms with van der Waals surface area (Å²) >= 11 is 0. The maximum atomic E-state index is 12.8. The Labute approximate surface area is 169 Å². The zero-order valence-corrected chi connectivity index (χ0v) is 17.1. The van der Waals surface area contributed by atoms with Crippen LogP contribution in [-0.2, 0) is 14.8 Å². The van der Waals surface area contributed by atoms with Crippen LogP contribution in [0.25, 0.3) is 5.69 Å². The van der Waals surface area contributed by atoms with Gasteiger partial charge in [0.15, 0.2) is 0 Å². The van der Waals surface area contributed by atoms with Crippen LogP contribution < -0.4 is 11.1 Å². The average Bonchev–Trinajstić information content (AvgIpc) is 3.19. The smallest absolute Gasteiger partial charge is 0.269 e. The van der Waals surface area contributed by atoms with Crippen molar-refractivity contribution in [1.82, 2.24) is 14.1 Å². The number of anilines is 1. The number of carbonyl (C=O) groups is 2. The lowest BCUT2D eigenvalue weighted by Gasteiger charge is -2.33. The van der Waals surface area contributed by atoms with E-state index in [-0.39, 0.29) is 17.4 Å². The number of aromatic nitrogens is 2. The number of carbonyl (C=O) groups excluding carboxylic acids is 2. The summed E-state index contributed by atoms with van der Waals surface area (Å²) in [7, 11) is -3.44.